The van der Waals surface area contributed by atoms with Crippen molar-refractivity contribution in [1.29, 1.82) is 0 Å². The highest BCUT2D eigenvalue weighted by molar-refractivity contribution is 7.85. The lowest BCUT2D eigenvalue weighted by Gasteiger charge is -2.19. The zero-order valence-corrected chi connectivity index (χ0v) is 27.2. The van der Waals surface area contributed by atoms with Gasteiger partial charge in [0.1, 0.15) is 0 Å². The lowest BCUT2D eigenvalue weighted by molar-refractivity contribution is -0.677. The average molecular weight is 678 g/mol. The summed E-state index contributed by atoms with van der Waals surface area (Å²) in [6, 6.07) is 19.1. The first-order chi connectivity index (χ1) is 22.5. The van der Waals surface area contributed by atoms with Crippen LogP contribution in [0.5, 0.6) is 5.75 Å². The standard InChI is InChI=1S/C33H34N4O8S2/c1-2-25(21-32-36(17-7-19-46(38,39)40)28-23-26(9-11-30(28)44-32)34-13-3-4-14-34)22-33-37(18-8-20-47(41,42)43)29-24-27(10-12-31(29)45-33)35-15-5-6-16-35/h3-6,9-16,21-24H,2,7-8,17-20H2,1H3,(H-,38,39,40,41,42,43)/p-1. The lowest BCUT2D eigenvalue weighted by atomic mass is 10.1. The van der Waals surface area contributed by atoms with Gasteiger partial charge < -0.3 is 32.3 Å². The molecule has 0 amide bonds. The summed E-state index contributed by atoms with van der Waals surface area (Å²) in [7, 11) is -8.80. The fourth-order valence-electron chi connectivity index (χ4n) is 5.55. The van der Waals surface area contributed by atoms with Gasteiger partial charge in [0.05, 0.1) is 37.7 Å². The van der Waals surface area contributed by atoms with Crippen LogP contribution in [0.3, 0.4) is 0 Å². The molecule has 6 rings (SSSR count). The number of nitrogens with zero attached hydrogens (tertiary/aromatic N) is 4. The molecule has 4 heterocycles. The quantitative estimate of drug-likeness (QED) is 0.127. The molecule has 2 aromatic carbocycles. The van der Waals surface area contributed by atoms with E-state index in [4.69, 9.17) is 9.15 Å². The fraction of sp³-hybridized carbons (Fsp3) is 0.242. The Morgan fingerprint density at radius 2 is 1.47 bits per heavy atom. The molecule has 14 heteroatoms. The second kappa shape index (κ2) is 13.2. The molecule has 5 aromatic rings. The molecule has 3 aromatic heterocycles. The van der Waals surface area contributed by atoms with Crippen molar-refractivity contribution < 1.29 is 39.7 Å². The Kier molecular flexibility index (Phi) is 9.10. The number of ether oxygens (including phenoxy) is 1. The monoisotopic (exact) mass is 677 g/mol. The summed E-state index contributed by atoms with van der Waals surface area (Å²) in [5.74, 6) is 0.473. The van der Waals surface area contributed by atoms with E-state index in [1.807, 2.05) is 123 Å². The number of rotatable bonds is 13. The number of allylic oxidation sites excluding steroid dienone is 2. The van der Waals surface area contributed by atoms with E-state index in [1.54, 1.807) is 0 Å². The molecule has 246 valence electrons. The van der Waals surface area contributed by atoms with Gasteiger partial charge in [-0.15, -0.1) is 0 Å². The molecule has 0 saturated carbocycles. The third-order valence-electron chi connectivity index (χ3n) is 7.81. The largest absolute Gasteiger partial charge is 0.748 e. The third-order valence-corrected chi connectivity index (χ3v) is 9.39. The zero-order valence-electron chi connectivity index (χ0n) is 25.6. The first kappa shape index (κ1) is 32.3. The summed E-state index contributed by atoms with van der Waals surface area (Å²) >= 11 is 0. The summed E-state index contributed by atoms with van der Waals surface area (Å²) in [6.45, 7) is 2.41. The molecule has 12 nitrogen and oxygen atoms in total. The SMILES string of the molecule is CCC(/C=C1\Oc2ccc(-n3cccc3)cc2N1CCCS(=O)(=O)[O-])=C\c1oc2ccc(-n3cccc3)cc2[n+]1CCCS(=O)(=O)[O-]. The number of oxazole rings is 1. The van der Waals surface area contributed by atoms with Crippen molar-refractivity contribution in [1.82, 2.24) is 9.13 Å². The Morgan fingerprint density at radius 1 is 0.851 bits per heavy atom. The number of benzene rings is 2. The van der Waals surface area contributed by atoms with Crippen LogP contribution in [0.25, 0.3) is 28.6 Å². The highest BCUT2D eigenvalue weighted by Crippen LogP contribution is 2.41. The molecule has 0 saturated heterocycles. The van der Waals surface area contributed by atoms with Crippen LogP contribution in [0.2, 0.25) is 0 Å². The van der Waals surface area contributed by atoms with Crippen molar-refractivity contribution in [2.24, 2.45) is 0 Å². The van der Waals surface area contributed by atoms with Crippen molar-refractivity contribution in [3.8, 4) is 17.1 Å². The minimum atomic E-state index is -4.40. The van der Waals surface area contributed by atoms with Crippen LogP contribution >= 0.6 is 0 Å². The van der Waals surface area contributed by atoms with Crippen molar-refractivity contribution in [3.05, 3.63) is 109 Å². The van der Waals surface area contributed by atoms with Crippen LogP contribution < -0.4 is 14.2 Å². The van der Waals surface area contributed by atoms with Gasteiger partial charge in [-0.1, -0.05) is 6.92 Å². The van der Waals surface area contributed by atoms with E-state index in [9.17, 15) is 25.9 Å². The summed E-state index contributed by atoms with van der Waals surface area (Å²) in [4.78, 5) is 1.85. The predicted octanol–water partition coefficient (Wildman–Crippen LogP) is 4.71. The Balaban J connectivity index is 1.38. The molecule has 0 aliphatic carbocycles. The van der Waals surface area contributed by atoms with Gasteiger partial charge in [0, 0.05) is 67.1 Å². The molecule has 0 spiro atoms. The zero-order chi connectivity index (χ0) is 33.2. The molecular weight excluding hydrogens is 645 g/mol. The Labute approximate surface area is 272 Å². The van der Waals surface area contributed by atoms with Gasteiger partial charge in [-0.3, -0.25) is 0 Å². The van der Waals surface area contributed by atoms with Crippen molar-refractivity contribution in [3.63, 3.8) is 0 Å². The van der Waals surface area contributed by atoms with E-state index in [2.05, 4.69) is 0 Å². The molecule has 0 fully saturated rings. The number of anilines is 1. The maximum absolute atomic E-state index is 11.4. The maximum atomic E-state index is 11.4. The minimum absolute atomic E-state index is 0.0980. The van der Waals surface area contributed by atoms with Crippen molar-refractivity contribution in [2.75, 3.05) is 23.0 Å². The molecular formula is C33H33N4O8S2-. The molecule has 0 unspecified atom stereocenters. The molecule has 0 bridgehead atoms. The van der Waals surface area contributed by atoms with Crippen molar-refractivity contribution in [2.45, 2.75) is 32.7 Å². The smallest absolute Gasteiger partial charge is 0.374 e. The van der Waals surface area contributed by atoms with Gasteiger partial charge in [0.2, 0.25) is 11.5 Å². The van der Waals surface area contributed by atoms with Gasteiger partial charge in [-0.2, -0.15) is 4.57 Å². The third kappa shape index (κ3) is 7.68. The predicted molar refractivity (Wildman–Crippen MR) is 174 cm³/mol. The van der Waals surface area contributed by atoms with Gasteiger partial charge in [-0.05, 0) is 73.0 Å². The summed E-state index contributed by atoms with van der Waals surface area (Å²) in [6.07, 6.45) is 12.1. The summed E-state index contributed by atoms with van der Waals surface area (Å²) < 4.78 is 86.6. The maximum Gasteiger partial charge on any atom is 0.374 e. The van der Waals surface area contributed by atoms with E-state index in [0.29, 0.717) is 29.5 Å². The Bertz CT molecular complexity index is 2170. The number of fused-ring (bicyclic) bond motifs is 2. The van der Waals surface area contributed by atoms with E-state index in [-0.39, 0.29) is 25.9 Å². The van der Waals surface area contributed by atoms with Crippen LogP contribution in [-0.4, -0.2) is 53.1 Å². The van der Waals surface area contributed by atoms with E-state index in [0.717, 1.165) is 28.2 Å². The van der Waals surface area contributed by atoms with E-state index < -0.39 is 31.7 Å². The highest BCUT2D eigenvalue weighted by Gasteiger charge is 2.28. The van der Waals surface area contributed by atoms with E-state index >= 15 is 0 Å². The molecule has 1 aliphatic heterocycles. The molecule has 0 atom stereocenters. The first-order valence-corrected chi connectivity index (χ1v) is 18.2. The topological polar surface area (TPSA) is 154 Å². The number of aryl methyl sites for hydroxylation is 1. The van der Waals surface area contributed by atoms with E-state index in [1.165, 1.54) is 0 Å². The van der Waals surface area contributed by atoms with Crippen LogP contribution in [-0.2, 0) is 26.8 Å². The fourth-order valence-corrected chi connectivity index (χ4v) is 6.52. The van der Waals surface area contributed by atoms with Crippen LogP contribution in [0.4, 0.5) is 5.69 Å². The average Bonchev–Trinajstić information content (AvgIpc) is 3.83. The van der Waals surface area contributed by atoms with Gasteiger partial charge in [-0.25, -0.2) is 16.8 Å². The minimum Gasteiger partial charge on any atom is -0.748 e. The molecule has 0 N–H and O–H groups in total. The van der Waals surface area contributed by atoms with Gasteiger partial charge in [0.15, 0.2) is 12.3 Å². The second-order valence-corrected chi connectivity index (χ2v) is 14.2. The molecule has 1 aliphatic rings. The Morgan fingerprint density at radius 3 is 2.11 bits per heavy atom. The first-order valence-electron chi connectivity index (χ1n) is 15.1. The summed E-state index contributed by atoms with van der Waals surface area (Å²) in [5.41, 5.74) is 4.62. The number of aromatic nitrogens is 3. The van der Waals surface area contributed by atoms with Crippen LogP contribution in [0, 0.1) is 0 Å². The number of hydrogen-bond donors (Lipinski definition) is 0. The normalized spacial score (nSPS) is 14.7. The molecule has 0 radical (unpaired) electrons. The Hall–Kier alpha value is -4.63. The molecule has 47 heavy (non-hydrogen) atoms. The second-order valence-electron chi connectivity index (χ2n) is 11.1. The van der Waals surface area contributed by atoms with Crippen LogP contribution in [0.15, 0.2) is 107 Å². The van der Waals surface area contributed by atoms with Gasteiger partial charge in [0.25, 0.3) is 5.52 Å². The number of hydrogen-bond acceptors (Lipinski definition) is 9. The van der Waals surface area contributed by atoms with Crippen LogP contribution in [0.1, 0.15) is 32.1 Å². The van der Waals surface area contributed by atoms with Gasteiger partial charge >= 0.3 is 5.89 Å². The lowest BCUT2D eigenvalue weighted by Crippen LogP contribution is -2.36. The van der Waals surface area contributed by atoms with Crippen molar-refractivity contribution >= 4 is 43.1 Å². The highest BCUT2D eigenvalue weighted by atomic mass is 32.2. The summed E-state index contributed by atoms with van der Waals surface area (Å²) in [5, 5.41) is 0.